The van der Waals surface area contributed by atoms with Crippen molar-refractivity contribution in [1.29, 1.82) is 0 Å². The molecule has 1 aromatic rings. The fourth-order valence-electron chi connectivity index (χ4n) is 1.02. The van der Waals surface area contributed by atoms with Gasteiger partial charge < -0.3 is 4.57 Å². The van der Waals surface area contributed by atoms with E-state index in [4.69, 9.17) is 0 Å². The monoisotopic (exact) mass is 166 g/mol. The SMILES string of the molecule is CCCCC(=O)c1cn(C)cn1. The first-order valence-corrected chi connectivity index (χ1v) is 4.25. The molecule has 1 rings (SSSR count). The summed E-state index contributed by atoms with van der Waals surface area (Å²) < 4.78 is 1.79. The molecular formula is C9H14N2O. The van der Waals surface area contributed by atoms with Gasteiger partial charge >= 0.3 is 0 Å². The highest BCUT2D eigenvalue weighted by molar-refractivity contribution is 5.93. The predicted octanol–water partition coefficient (Wildman–Crippen LogP) is 1.79. The van der Waals surface area contributed by atoms with Crippen LogP contribution in [-0.4, -0.2) is 15.3 Å². The maximum Gasteiger partial charge on any atom is 0.182 e. The Morgan fingerprint density at radius 1 is 1.67 bits per heavy atom. The summed E-state index contributed by atoms with van der Waals surface area (Å²) in [5, 5.41) is 0. The molecule has 0 aromatic carbocycles. The van der Waals surface area contributed by atoms with Crippen molar-refractivity contribution in [3.63, 3.8) is 0 Å². The second kappa shape index (κ2) is 4.04. The summed E-state index contributed by atoms with van der Waals surface area (Å²) in [6.07, 6.45) is 6.04. The summed E-state index contributed by atoms with van der Waals surface area (Å²) >= 11 is 0. The third-order valence-corrected chi connectivity index (χ3v) is 1.75. The van der Waals surface area contributed by atoms with Gasteiger partial charge in [0.2, 0.25) is 0 Å². The molecule has 1 aromatic heterocycles. The van der Waals surface area contributed by atoms with E-state index >= 15 is 0 Å². The topological polar surface area (TPSA) is 34.9 Å². The zero-order valence-corrected chi connectivity index (χ0v) is 7.58. The van der Waals surface area contributed by atoms with Crippen LogP contribution in [0.25, 0.3) is 0 Å². The van der Waals surface area contributed by atoms with Crippen molar-refractivity contribution in [3.8, 4) is 0 Å². The number of carbonyl (C=O) groups is 1. The van der Waals surface area contributed by atoms with Gasteiger partial charge in [0.15, 0.2) is 5.78 Å². The summed E-state index contributed by atoms with van der Waals surface area (Å²) in [6, 6.07) is 0. The van der Waals surface area contributed by atoms with Gasteiger partial charge in [0.1, 0.15) is 5.69 Å². The van der Waals surface area contributed by atoms with Gasteiger partial charge in [-0.15, -0.1) is 0 Å². The van der Waals surface area contributed by atoms with E-state index in [1.165, 1.54) is 0 Å². The summed E-state index contributed by atoms with van der Waals surface area (Å²) in [5.74, 6) is 0.150. The van der Waals surface area contributed by atoms with Crippen molar-refractivity contribution in [3.05, 3.63) is 18.2 Å². The van der Waals surface area contributed by atoms with E-state index in [1.54, 1.807) is 17.1 Å². The van der Waals surface area contributed by atoms with Gasteiger partial charge in [0, 0.05) is 19.7 Å². The van der Waals surface area contributed by atoms with Crippen molar-refractivity contribution in [2.24, 2.45) is 7.05 Å². The Labute approximate surface area is 72.4 Å². The van der Waals surface area contributed by atoms with Gasteiger partial charge in [-0.25, -0.2) is 4.98 Å². The highest BCUT2D eigenvalue weighted by atomic mass is 16.1. The number of hydrogen-bond donors (Lipinski definition) is 0. The molecule has 0 spiro atoms. The Morgan fingerprint density at radius 3 is 2.92 bits per heavy atom. The smallest absolute Gasteiger partial charge is 0.182 e. The van der Waals surface area contributed by atoms with Gasteiger partial charge in [-0.2, -0.15) is 0 Å². The molecule has 0 aliphatic rings. The molecule has 0 atom stereocenters. The van der Waals surface area contributed by atoms with E-state index in [2.05, 4.69) is 11.9 Å². The lowest BCUT2D eigenvalue weighted by molar-refractivity contribution is 0.0975. The molecule has 0 amide bonds. The van der Waals surface area contributed by atoms with Crippen LogP contribution in [0.15, 0.2) is 12.5 Å². The molecule has 12 heavy (non-hydrogen) atoms. The summed E-state index contributed by atoms with van der Waals surface area (Å²) in [4.78, 5) is 15.3. The van der Waals surface area contributed by atoms with Crippen LogP contribution in [0.3, 0.4) is 0 Å². The molecule has 66 valence electrons. The molecule has 3 nitrogen and oxygen atoms in total. The zero-order chi connectivity index (χ0) is 8.97. The fourth-order valence-corrected chi connectivity index (χ4v) is 1.02. The van der Waals surface area contributed by atoms with Gasteiger partial charge in [-0.3, -0.25) is 4.79 Å². The molecule has 1 heterocycles. The number of ketones is 1. The molecule has 0 N–H and O–H groups in total. The third kappa shape index (κ3) is 2.19. The summed E-state index contributed by atoms with van der Waals surface area (Å²) in [5.41, 5.74) is 0.589. The predicted molar refractivity (Wildman–Crippen MR) is 47.1 cm³/mol. The Morgan fingerprint density at radius 2 is 2.42 bits per heavy atom. The number of imidazole rings is 1. The molecule has 0 aliphatic carbocycles. The Bertz CT molecular complexity index is 265. The maximum absolute atomic E-state index is 11.3. The number of aromatic nitrogens is 2. The summed E-state index contributed by atoms with van der Waals surface area (Å²) in [7, 11) is 1.86. The van der Waals surface area contributed by atoms with E-state index in [1.807, 2.05) is 7.05 Å². The van der Waals surface area contributed by atoms with Crippen LogP contribution in [0.4, 0.5) is 0 Å². The zero-order valence-electron chi connectivity index (χ0n) is 7.58. The van der Waals surface area contributed by atoms with Crippen LogP contribution in [0.2, 0.25) is 0 Å². The molecule has 0 fully saturated rings. The van der Waals surface area contributed by atoms with Crippen LogP contribution >= 0.6 is 0 Å². The molecule has 0 saturated carbocycles. The molecule has 0 aliphatic heterocycles. The Hall–Kier alpha value is -1.12. The third-order valence-electron chi connectivity index (χ3n) is 1.75. The minimum absolute atomic E-state index is 0.150. The first-order chi connectivity index (χ1) is 5.74. The van der Waals surface area contributed by atoms with Crippen molar-refractivity contribution in [2.75, 3.05) is 0 Å². The molecule has 3 heteroatoms. The first-order valence-electron chi connectivity index (χ1n) is 4.25. The normalized spacial score (nSPS) is 10.2. The highest BCUT2D eigenvalue weighted by Gasteiger charge is 2.06. The van der Waals surface area contributed by atoms with Gasteiger partial charge in [0.05, 0.1) is 6.33 Å². The average Bonchev–Trinajstić information content (AvgIpc) is 2.47. The fraction of sp³-hybridized carbons (Fsp3) is 0.556. The number of carbonyl (C=O) groups excluding carboxylic acids is 1. The van der Waals surface area contributed by atoms with E-state index < -0.39 is 0 Å². The van der Waals surface area contributed by atoms with Crippen LogP contribution in [0.5, 0.6) is 0 Å². The first kappa shape index (κ1) is 8.97. The van der Waals surface area contributed by atoms with E-state index in [9.17, 15) is 4.79 Å². The lowest BCUT2D eigenvalue weighted by atomic mass is 10.1. The molecular weight excluding hydrogens is 152 g/mol. The quantitative estimate of drug-likeness (QED) is 0.639. The lowest BCUT2D eigenvalue weighted by Crippen LogP contribution is -1.98. The number of hydrogen-bond acceptors (Lipinski definition) is 2. The van der Waals surface area contributed by atoms with Crippen molar-refractivity contribution in [1.82, 2.24) is 9.55 Å². The van der Waals surface area contributed by atoms with Gasteiger partial charge in [-0.1, -0.05) is 13.3 Å². The molecule has 0 unspecified atom stereocenters. The van der Waals surface area contributed by atoms with Crippen LogP contribution in [-0.2, 0) is 7.05 Å². The van der Waals surface area contributed by atoms with Crippen molar-refractivity contribution >= 4 is 5.78 Å². The van der Waals surface area contributed by atoms with E-state index in [-0.39, 0.29) is 5.78 Å². The minimum atomic E-state index is 0.150. The molecule has 0 radical (unpaired) electrons. The Balaban J connectivity index is 2.53. The number of nitrogens with zero attached hydrogens (tertiary/aromatic N) is 2. The largest absolute Gasteiger partial charge is 0.340 e. The standard InChI is InChI=1S/C9H14N2O/c1-3-4-5-9(12)8-6-11(2)7-10-8/h6-7H,3-5H2,1-2H3. The van der Waals surface area contributed by atoms with Crippen molar-refractivity contribution < 1.29 is 4.79 Å². The van der Waals surface area contributed by atoms with Gasteiger partial charge in [0.25, 0.3) is 0 Å². The molecule has 0 saturated heterocycles. The second-order valence-corrected chi connectivity index (χ2v) is 2.95. The van der Waals surface area contributed by atoms with E-state index in [0.717, 1.165) is 12.8 Å². The van der Waals surface area contributed by atoms with E-state index in [0.29, 0.717) is 12.1 Å². The number of rotatable bonds is 4. The second-order valence-electron chi connectivity index (χ2n) is 2.95. The molecule has 0 bridgehead atoms. The van der Waals surface area contributed by atoms with Crippen LogP contribution in [0, 0.1) is 0 Å². The maximum atomic E-state index is 11.3. The number of aryl methyl sites for hydroxylation is 1. The lowest BCUT2D eigenvalue weighted by Gasteiger charge is -1.93. The summed E-state index contributed by atoms with van der Waals surface area (Å²) in [6.45, 7) is 2.08. The minimum Gasteiger partial charge on any atom is -0.340 e. The number of Topliss-reactive ketones (excluding diaryl/α,β-unsaturated/α-hetero) is 1. The van der Waals surface area contributed by atoms with Crippen LogP contribution < -0.4 is 0 Å². The number of unbranched alkanes of at least 4 members (excludes halogenated alkanes) is 1. The van der Waals surface area contributed by atoms with Gasteiger partial charge in [-0.05, 0) is 6.42 Å². The van der Waals surface area contributed by atoms with Crippen molar-refractivity contribution in [2.45, 2.75) is 26.2 Å². The highest BCUT2D eigenvalue weighted by Crippen LogP contribution is 2.03. The Kier molecular flexibility index (Phi) is 3.02. The van der Waals surface area contributed by atoms with Crippen LogP contribution in [0.1, 0.15) is 36.7 Å². The average molecular weight is 166 g/mol.